The summed E-state index contributed by atoms with van der Waals surface area (Å²) in [6.07, 6.45) is 1.17. The molecular weight excluding hydrogens is 345 g/mol. The number of fused-ring (bicyclic) bond motifs is 1. The topological polar surface area (TPSA) is 54.5 Å². The summed E-state index contributed by atoms with van der Waals surface area (Å²) in [4.78, 5) is 19.1. The van der Waals surface area contributed by atoms with Crippen molar-refractivity contribution in [3.63, 3.8) is 0 Å². The van der Waals surface area contributed by atoms with Crippen LogP contribution in [0.5, 0.6) is 5.75 Å². The number of carbonyl (C=O) groups excluding carboxylic acids is 1. The van der Waals surface area contributed by atoms with Crippen LogP contribution in [0.15, 0.2) is 66.9 Å². The molecule has 4 rings (SSSR count). The number of halogens is 1. The van der Waals surface area contributed by atoms with E-state index >= 15 is 0 Å². The molecule has 2 heterocycles. The smallest absolute Gasteiger partial charge is 0.262 e. The van der Waals surface area contributed by atoms with Gasteiger partial charge in [-0.05, 0) is 67.6 Å². The molecule has 27 heavy (non-hydrogen) atoms. The van der Waals surface area contributed by atoms with Crippen LogP contribution in [-0.4, -0.2) is 17.5 Å². The first-order chi connectivity index (χ1) is 13.2. The lowest BCUT2D eigenvalue weighted by atomic mass is 10.2. The summed E-state index contributed by atoms with van der Waals surface area (Å²) in [5.74, 6) is 0.290. The highest BCUT2D eigenvalue weighted by Gasteiger charge is 2.38. The molecule has 1 aliphatic rings. The minimum Gasteiger partial charge on any atom is -0.494 e. The Morgan fingerprint density at radius 3 is 2.56 bits per heavy atom. The molecular formula is C21H18FN3O2. The van der Waals surface area contributed by atoms with Crippen LogP contribution in [-0.2, 0) is 0 Å². The van der Waals surface area contributed by atoms with Gasteiger partial charge in [0.2, 0.25) is 0 Å². The Kier molecular flexibility index (Phi) is 4.46. The molecule has 0 aliphatic carbocycles. The third-order valence-corrected chi connectivity index (χ3v) is 4.38. The second kappa shape index (κ2) is 7.07. The highest BCUT2D eigenvalue weighted by Crippen LogP contribution is 2.37. The molecule has 1 amide bonds. The van der Waals surface area contributed by atoms with E-state index in [1.54, 1.807) is 35.4 Å². The lowest BCUT2D eigenvalue weighted by Gasteiger charge is -2.26. The van der Waals surface area contributed by atoms with E-state index in [1.807, 2.05) is 31.2 Å². The maximum atomic E-state index is 13.2. The first-order valence-corrected chi connectivity index (χ1v) is 8.71. The monoisotopic (exact) mass is 363 g/mol. The van der Waals surface area contributed by atoms with Gasteiger partial charge in [0.1, 0.15) is 11.6 Å². The van der Waals surface area contributed by atoms with Crippen molar-refractivity contribution in [2.24, 2.45) is 0 Å². The Morgan fingerprint density at radius 1 is 1.11 bits per heavy atom. The van der Waals surface area contributed by atoms with Crippen LogP contribution in [0.2, 0.25) is 0 Å². The van der Waals surface area contributed by atoms with E-state index in [9.17, 15) is 9.18 Å². The number of aromatic nitrogens is 1. The average molecular weight is 363 g/mol. The van der Waals surface area contributed by atoms with E-state index < -0.39 is 6.17 Å². The summed E-state index contributed by atoms with van der Waals surface area (Å²) in [5, 5.41) is 3.29. The molecule has 6 heteroatoms. The third-order valence-electron chi connectivity index (χ3n) is 4.38. The summed E-state index contributed by atoms with van der Waals surface area (Å²) in [5.41, 5.74) is 2.61. The van der Waals surface area contributed by atoms with E-state index in [2.05, 4.69) is 10.3 Å². The number of carbonyl (C=O) groups is 1. The Hall–Kier alpha value is -3.41. The molecule has 3 aromatic rings. The summed E-state index contributed by atoms with van der Waals surface area (Å²) >= 11 is 0. The van der Waals surface area contributed by atoms with Gasteiger partial charge in [0.05, 0.1) is 17.9 Å². The maximum absolute atomic E-state index is 13.2. The number of rotatable bonds is 5. The van der Waals surface area contributed by atoms with Crippen molar-refractivity contribution in [2.75, 3.05) is 16.8 Å². The van der Waals surface area contributed by atoms with Gasteiger partial charge in [-0.25, -0.2) is 4.39 Å². The zero-order valence-corrected chi connectivity index (χ0v) is 14.7. The predicted octanol–water partition coefficient (Wildman–Crippen LogP) is 4.39. The number of nitrogens with zero attached hydrogens (tertiary/aromatic N) is 2. The number of ether oxygens (including phenoxy) is 1. The van der Waals surface area contributed by atoms with Crippen molar-refractivity contribution in [3.8, 4) is 5.75 Å². The van der Waals surface area contributed by atoms with Crippen molar-refractivity contribution in [3.05, 3.63) is 83.9 Å². The van der Waals surface area contributed by atoms with E-state index in [0.717, 1.165) is 11.4 Å². The number of nitrogens with one attached hydrogen (secondary N) is 1. The lowest BCUT2D eigenvalue weighted by molar-refractivity contribution is 0.0993. The van der Waals surface area contributed by atoms with Gasteiger partial charge in [0.25, 0.3) is 5.91 Å². The summed E-state index contributed by atoms with van der Waals surface area (Å²) in [7, 11) is 0. The summed E-state index contributed by atoms with van der Waals surface area (Å²) in [6.45, 7) is 2.50. The molecule has 0 spiro atoms. The van der Waals surface area contributed by atoms with Gasteiger partial charge in [-0.3, -0.25) is 14.7 Å². The molecule has 2 aromatic carbocycles. The van der Waals surface area contributed by atoms with Crippen LogP contribution >= 0.6 is 0 Å². The van der Waals surface area contributed by atoms with Crippen LogP contribution in [0.3, 0.4) is 0 Å². The van der Waals surface area contributed by atoms with Crippen LogP contribution in [0, 0.1) is 5.82 Å². The Balaban J connectivity index is 1.71. The zero-order valence-electron chi connectivity index (χ0n) is 14.7. The average Bonchev–Trinajstić information content (AvgIpc) is 2.97. The van der Waals surface area contributed by atoms with Crippen LogP contribution < -0.4 is 15.0 Å². The molecule has 0 radical (unpaired) electrons. The highest BCUT2D eigenvalue weighted by molar-refractivity contribution is 6.11. The van der Waals surface area contributed by atoms with Crippen molar-refractivity contribution in [1.82, 2.24) is 4.98 Å². The summed E-state index contributed by atoms with van der Waals surface area (Å²) < 4.78 is 18.7. The number of pyridine rings is 1. The fourth-order valence-corrected chi connectivity index (χ4v) is 3.16. The zero-order chi connectivity index (χ0) is 18.8. The molecule has 1 aliphatic heterocycles. The van der Waals surface area contributed by atoms with E-state index in [4.69, 9.17) is 4.74 Å². The standard InChI is InChI=1S/C21H18FN3O2/c1-2-27-17-11-9-16(10-12-17)25-20(24-15-7-5-14(22)6-8-15)19-18(21(25)26)4-3-13-23-19/h3-13,20,24H,2H2,1H3/t20-/m1/s1. The first kappa shape index (κ1) is 17.0. The second-order valence-corrected chi connectivity index (χ2v) is 6.09. The minimum absolute atomic E-state index is 0.137. The van der Waals surface area contributed by atoms with Gasteiger partial charge in [-0.15, -0.1) is 0 Å². The van der Waals surface area contributed by atoms with Crippen molar-refractivity contribution < 1.29 is 13.9 Å². The Labute approximate surface area is 156 Å². The van der Waals surface area contributed by atoms with E-state index in [-0.39, 0.29) is 11.7 Å². The second-order valence-electron chi connectivity index (χ2n) is 6.09. The molecule has 136 valence electrons. The van der Waals surface area contributed by atoms with Crippen molar-refractivity contribution >= 4 is 17.3 Å². The van der Waals surface area contributed by atoms with Crippen LogP contribution in [0.4, 0.5) is 15.8 Å². The quantitative estimate of drug-likeness (QED) is 0.730. The third kappa shape index (κ3) is 3.21. The SMILES string of the molecule is CCOc1ccc(N2C(=O)c3cccnc3[C@@H]2Nc2ccc(F)cc2)cc1. The number of benzene rings is 2. The van der Waals surface area contributed by atoms with Gasteiger partial charge in [-0.2, -0.15) is 0 Å². The molecule has 0 unspecified atom stereocenters. The number of anilines is 2. The van der Waals surface area contributed by atoms with Gasteiger partial charge < -0.3 is 10.1 Å². The normalized spacial score (nSPS) is 15.6. The molecule has 0 saturated carbocycles. The number of amides is 1. The maximum Gasteiger partial charge on any atom is 0.262 e. The van der Waals surface area contributed by atoms with Gasteiger partial charge in [-0.1, -0.05) is 0 Å². The minimum atomic E-state index is -0.489. The van der Waals surface area contributed by atoms with Gasteiger partial charge >= 0.3 is 0 Å². The van der Waals surface area contributed by atoms with Crippen molar-refractivity contribution in [1.29, 1.82) is 0 Å². The Bertz CT molecular complexity index is 958. The Morgan fingerprint density at radius 2 is 1.85 bits per heavy atom. The molecule has 1 N–H and O–H groups in total. The van der Waals surface area contributed by atoms with Crippen LogP contribution in [0.1, 0.15) is 29.1 Å². The predicted molar refractivity (Wildman–Crippen MR) is 101 cm³/mol. The molecule has 5 nitrogen and oxygen atoms in total. The van der Waals surface area contributed by atoms with E-state index in [0.29, 0.717) is 23.6 Å². The molecule has 0 fully saturated rings. The van der Waals surface area contributed by atoms with Gasteiger partial charge in [0.15, 0.2) is 6.17 Å². The largest absolute Gasteiger partial charge is 0.494 e. The first-order valence-electron chi connectivity index (χ1n) is 8.71. The summed E-state index contributed by atoms with van der Waals surface area (Å²) in [6, 6.07) is 16.9. The molecule has 0 saturated heterocycles. The highest BCUT2D eigenvalue weighted by atomic mass is 19.1. The number of hydrogen-bond donors (Lipinski definition) is 1. The molecule has 1 atom stereocenters. The fraction of sp³-hybridized carbons (Fsp3) is 0.143. The van der Waals surface area contributed by atoms with Gasteiger partial charge in [0, 0.05) is 17.6 Å². The lowest BCUT2D eigenvalue weighted by Crippen LogP contribution is -2.32. The molecule has 1 aromatic heterocycles. The number of hydrogen-bond acceptors (Lipinski definition) is 4. The van der Waals surface area contributed by atoms with E-state index in [1.165, 1.54) is 12.1 Å². The fourth-order valence-electron chi connectivity index (χ4n) is 3.16. The van der Waals surface area contributed by atoms with Crippen LogP contribution in [0.25, 0.3) is 0 Å². The van der Waals surface area contributed by atoms with Crippen molar-refractivity contribution in [2.45, 2.75) is 13.1 Å². The molecule has 0 bridgehead atoms.